The van der Waals surface area contributed by atoms with Crippen molar-refractivity contribution in [2.45, 2.75) is 137 Å². The fourth-order valence-electron chi connectivity index (χ4n) is 11.9. The minimum atomic E-state index is -0.830. The van der Waals surface area contributed by atoms with Crippen LogP contribution in [-0.2, 0) is 17.8 Å². The van der Waals surface area contributed by atoms with Crippen LogP contribution >= 0.6 is 11.6 Å². The summed E-state index contributed by atoms with van der Waals surface area (Å²) in [7, 11) is 0. The predicted molar refractivity (Wildman–Crippen MR) is 200 cm³/mol. The Balaban J connectivity index is 1.10. The van der Waals surface area contributed by atoms with Gasteiger partial charge in [-0.2, -0.15) is 0 Å². The number of rotatable bonds is 11. The SMILES string of the molecule is CC(=O)c1c(NCc2ccc(CC[C@@]3(O)CC[C@@]4(C)C(CC(O)C5C4C[C@H](O)[C@@]4(C)C5CC[C@@H]4[C@H](C)CCC(=O)O)C3)cc2Cl)cc(C)nc1C. The number of aliphatic hydroxyl groups excluding tert-OH is 2. The number of carboxylic acids is 1. The number of nitrogens with zero attached hydrogens (tertiary/aromatic N) is 1. The molecule has 51 heavy (non-hydrogen) atoms. The van der Waals surface area contributed by atoms with Crippen LogP contribution in [0.4, 0.5) is 5.69 Å². The lowest BCUT2D eigenvalue weighted by Crippen LogP contribution is -2.63. The van der Waals surface area contributed by atoms with E-state index in [2.05, 4.69) is 37.1 Å². The fraction of sp³-hybridized carbons (Fsp3) is 0.690. The van der Waals surface area contributed by atoms with Crippen molar-refractivity contribution in [3.8, 4) is 0 Å². The highest BCUT2D eigenvalue weighted by atomic mass is 35.5. The number of pyridine rings is 1. The van der Waals surface area contributed by atoms with E-state index in [0.29, 0.717) is 67.8 Å². The van der Waals surface area contributed by atoms with Crippen molar-refractivity contribution in [1.29, 1.82) is 0 Å². The molecular weight excluding hydrogens is 664 g/mol. The number of aliphatic hydroxyl groups is 3. The summed E-state index contributed by atoms with van der Waals surface area (Å²) in [6.45, 7) is 12.5. The molecule has 4 saturated carbocycles. The molecule has 280 valence electrons. The number of hydrogen-bond acceptors (Lipinski definition) is 7. The van der Waals surface area contributed by atoms with E-state index < -0.39 is 23.8 Å². The molecule has 11 atom stereocenters. The first-order chi connectivity index (χ1) is 24.0. The maximum Gasteiger partial charge on any atom is 0.303 e. The maximum absolute atomic E-state index is 12.3. The number of aryl methyl sites for hydroxylation is 3. The second kappa shape index (κ2) is 14.4. The zero-order valence-electron chi connectivity index (χ0n) is 31.3. The smallest absolute Gasteiger partial charge is 0.303 e. The van der Waals surface area contributed by atoms with Crippen molar-refractivity contribution in [1.82, 2.24) is 4.98 Å². The number of nitrogens with one attached hydrogen (secondary N) is 1. The second-order valence-electron chi connectivity index (χ2n) is 17.5. The Morgan fingerprint density at radius 1 is 1.08 bits per heavy atom. The average molecular weight is 723 g/mol. The van der Waals surface area contributed by atoms with E-state index in [9.17, 15) is 30.0 Å². The first-order valence-corrected chi connectivity index (χ1v) is 19.6. The van der Waals surface area contributed by atoms with Gasteiger partial charge in [0.1, 0.15) is 0 Å². The van der Waals surface area contributed by atoms with E-state index >= 15 is 0 Å². The number of aliphatic carboxylic acids is 1. The summed E-state index contributed by atoms with van der Waals surface area (Å²) >= 11 is 6.77. The number of halogens is 1. The van der Waals surface area contributed by atoms with Crippen molar-refractivity contribution in [2.75, 3.05) is 5.32 Å². The van der Waals surface area contributed by atoms with Crippen molar-refractivity contribution in [3.63, 3.8) is 0 Å². The Morgan fingerprint density at radius 2 is 1.82 bits per heavy atom. The number of carbonyl (C=O) groups is 2. The van der Waals surface area contributed by atoms with E-state index in [1.165, 1.54) is 0 Å². The molecule has 5 N–H and O–H groups in total. The minimum absolute atomic E-state index is 0.0323. The van der Waals surface area contributed by atoms with Gasteiger partial charge in [-0.3, -0.25) is 14.6 Å². The van der Waals surface area contributed by atoms with Gasteiger partial charge in [0.2, 0.25) is 0 Å². The normalized spacial score (nSPS) is 36.5. The van der Waals surface area contributed by atoms with Gasteiger partial charge in [0.25, 0.3) is 0 Å². The van der Waals surface area contributed by atoms with E-state index in [0.717, 1.165) is 41.8 Å². The molecule has 5 unspecified atom stereocenters. The predicted octanol–water partition coefficient (Wildman–Crippen LogP) is 7.93. The number of benzene rings is 1. The molecular formula is C42H59ClN2O6. The van der Waals surface area contributed by atoms with Gasteiger partial charge in [-0.25, -0.2) is 0 Å². The van der Waals surface area contributed by atoms with Gasteiger partial charge in [-0.05, 0) is 155 Å². The highest BCUT2D eigenvalue weighted by Crippen LogP contribution is 2.69. The number of anilines is 1. The van der Waals surface area contributed by atoms with Gasteiger partial charge < -0.3 is 25.7 Å². The third-order valence-electron chi connectivity index (χ3n) is 14.7. The van der Waals surface area contributed by atoms with E-state index in [1.54, 1.807) is 6.92 Å². The largest absolute Gasteiger partial charge is 0.481 e. The molecule has 1 aromatic heterocycles. The van der Waals surface area contributed by atoms with Crippen LogP contribution in [0.2, 0.25) is 5.02 Å². The zero-order valence-corrected chi connectivity index (χ0v) is 32.1. The molecule has 8 nitrogen and oxygen atoms in total. The van der Waals surface area contributed by atoms with E-state index in [1.807, 2.05) is 32.0 Å². The van der Waals surface area contributed by atoms with Gasteiger partial charge in [-0.15, -0.1) is 0 Å². The van der Waals surface area contributed by atoms with Gasteiger partial charge >= 0.3 is 5.97 Å². The Kier molecular flexibility index (Phi) is 10.8. The third kappa shape index (κ3) is 7.12. The van der Waals surface area contributed by atoms with Crippen LogP contribution in [0.25, 0.3) is 0 Å². The van der Waals surface area contributed by atoms with Crippen molar-refractivity contribution < 1.29 is 30.0 Å². The molecule has 1 heterocycles. The number of fused-ring (bicyclic) bond motifs is 5. The quantitative estimate of drug-likeness (QED) is 0.147. The third-order valence-corrected chi connectivity index (χ3v) is 15.0. The molecule has 0 amide bonds. The molecule has 0 bridgehead atoms. The van der Waals surface area contributed by atoms with Crippen molar-refractivity contribution >= 4 is 29.0 Å². The first kappa shape index (κ1) is 38.2. The van der Waals surface area contributed by atoms with Gasteiger partial charge in [0.05, 0.1) is 29.1 Å². The summed E-state index contributed by atoms with van der Waals surface area (Å²) in [5.74, 6) is 0.368. The molecule has 0 aliphatic heterocycles. The number of hydrogen-bond donors (Lipinski definition) is 5. The Labute approximate surface area is 308 Å². The number of aromatic nitrogens is 1. The number of carboxylic acid groups (broad SMARTS) is 1. The molecule has 1 aromatic carbocycles. The fourth-order valence-corrected chi connectivity index (χ4v) is 12.1. The summed E-state index contributed by atoms with van der Waals surface area (Å²) in [5, 5.41) is 49.1. The lowest BCUT2D eigenvalue weighted by Gasteiger charge is -2.64. The molecule has 6 rings (SSSR count). The number of ketones is 1. The lowest BCUT2D eigenvalue weighted by atomic mass is 9.42. The highest BCUT2D eigenvalue weighted by Gasteiger charge is 2.66. The van der Waals surface area contributed by atoms with Crippen LogP contribution in [-0.4, -0.2) is 55.0 Å². The molecule has 4 aliphatic rings. The van der Waals surface area contributed by atoms with Crippen LogP contribution in [0.3, 0.4) is 0 Å². The van der Waals surface area contributed by atoms with Crippen LogP contribution in [0.15, 0.2) is 24.3 Å². The first-order valence-electron chi connectivity index (χ1n) is 19.3. The summed E-state index contributed by atoms with van der Waals surface area (Å²) in [5.41, 5.74) is 3.68. The van der Waals surface area contributed by atoms with Gasteiger partial charge in [0, 0.05) is 29.4 Å². The zero-order chi connectivity index (χ0) is 37.0. The second-order valence-corrected chi connectivity index (χ2v) is 17.9. The molecule has 4 aliphatic carbocycles. The highest BCUT2D eigenvalue weighted by molar-refractivity contribution is 6.31. The van der Waals surface area contributed by atoms with Gasteiger partial charge in [-0.1, -0.05) is 44.5 Å². The molecule has 2 aromatic rings. The summed E-state index contributed by atoms with van der Waals surface area (Å²) < 4.78 is 0. The van der Waals surface area contributed by atoms with Crippen LogP contribution in [0.5, 0.6) is 0 Å². The Bertz CT molecular complexity index is 1650. The van der Waals surface area contributed by atoms with Crippen molar-refractivity contribution in [2.24, 2.45) is 46.3 Å². The lowest BCUT2D eigenvalue weighted by molar-refractivity contribution is -0.216. The summed E-state index contributed by atoms with van der Waals surface area (Å²) in [4.78, 5) is 28.0. The number of Topliss-reactive ketones (excluding diaryl/α,β-unsaturated/α-hetero) is 1. The van der Waals surface area contributed by atoms with Crippen LogP contribution in [0, 0.1) is 60.2 Å². The Hall–Kier alpha value is -2.52. The number of carbonyl (C=O) groups excluding carboxylic acids is 1. The standard InChI is InChI=1S/C42H59ClN2O6/c1-23(7-12-37(49)50)30-10-11-31-39-32(20-36(48)41(30,31)6)40(5)15-16-42(51,21-29(40)19-35(39)47)14-13-27-8-9-28(33(43)18-27)22-44-34-17-24(2)45-25(3)38(34)26(4)46/h8-9,17-18,23,29-32,35-36,39,47-48,51H,7,10-16,19-22H2,1-6H3,(H,44,45)(H,49,50)/t23-,29?,30-,31?,32?,35?,36+,39?,40+,41-,42-/m1/s1. The Morgan fingerprint density at radius 3 is 2.51 bits per heavy atom. The summed E-state index contributed by atoms with van der Waals surface area (Å²) in [6, 6.07) is 7.96. The van der Waals surface area contributed by atoms with E-state index in [-0.39, 0.29) is 58.5 Å². The topological polar surface area (TPSA) is 140 Å². The van der Waals surface area contributed by atoms with E-state index in [4.69, 9.17) is 11.6 Å². The van der Waals surface area contributed by atoms with Crippen LogP contribution in [0.1, 0.15) is 125 Å². The molecule has 0 spiro atoms. The maximum atomic E-state index is 12.3. The minimum Gasteiger partial charge on any atom is -0.481 e. The molecule has 4 fully saturated rings. The molecule has 0 saturated heterocycles. The molecule has 0 radical (unpaired) electrons. The average Bonchev–Trinajstić information content (AvgIpc) is 3.41. The van der Waals surface area contributed by atoms with Crippen molar-refractivity contribution in [3.05, 3.63) is 57.4 Å². The molecule has 9 heteroatoms. The summed E-state index contributed by atoms with van der Waals surface area (Å²) in [6.07, 6.45) is 6.64. The monoisotopic (exact) mass is 722 g/mol. The van der Waals surface area contributed by atoms with Gasteiger partial charge in [0.15, 0.2) is 5.78 Å². The van der Waals surface area contributed by atoms with Crippen LogP contribution < -0.4 is 5.32 Å².